The van der Waals surface area contributed by atoms with Crippen LogP contribution in [0.5, 0.6) is 0 Å². The quantitative estimate of drug-likeness (QED) is 0.559. The Kier molecular flexibility index (Phi) is 3.66. The lowest BCUT2D eigenvalue weighted by Crippen LogP contribution is -2.35. The molecule has 2 atom stereocenters. The minimum absolute atomic E-state index is 0.271. The van der Waals surface area contributed by atoms with Crippen molar-refractivity contribution in [1.29, 1.82) is 0 Å². The van der Waals surface area contributed by atoms with Gasteiger partial charge in [-0.1, -0.05) is 0 Å². The summed E-state index contributed by atoms with van der Waals surface area (Å²) in [5.41, 5.74) is -0.407. The van der Waals surface area contributed by atoms with Crippen molar-refractivity contribution in [2.24, 2.45) is 5.41 Å². The van der Waals surface area contributed by atoms with Gasteiger partial charge in [0.2, 0.25) is 9.05 Å². The normalized spacial score (nSPS) is 34.6. The third-order valence-corrected chi connectivity index (χ3v) is 4.59. The summed E-state index contributed by atoms with van der Waals surface area (Å²) in [6.07, 6.45) is 1.85. The molecule has 0 aromatic rings. The molecular formula is C10H15ClO5S. The molecule has 0 aromatic carbocycles. The number of hydrogen-bond donors (Lipinski definition) is 0. The Morgan fingerprint density at radius 1 is 1.35 bits per heavy atom. The summed E-state index contributed by atoms with van der Waals surface area (Å²) in [7, 11) is 1.59. The van der Waals surface area contributed by atoms with Crippen LogP contribution < -0.4 is 0 Å². The van der Waals surface area contributed by atoms with E-state index in [0.717, 1.165) is 12.8 Å². The first-order valence-corrected chi connectivity index (χ1v) is 8.09. The van der Waals surface area contributed by atoms with Crippen molar-refractivity contribution in [1.82, 2.24) is 0 Å². The number of carbonyl (C=O) groups is 1. The zero-order chi connectivity index (χ0) is 12.5. The lowest BCUT2D eigenvalue weighted by molar-refractivity contribution is -0.141. The highest BCUT2D eigenvalue weighted by Gasteiger charge is 2.50. The highest BCUT2D eigenvalue weighted by atomic mass is 35.7. The molecule has 0 saturated carbocycles. The third kappa shape index (κ3) is 3.11. The van der Waals surface area contributed by atoms with Crippen LogP contribution in [-0.2, 0) is 23.3 Å². The van der Waals surface area contributed by atoms with Crippen molar-refractivity contribution in [3.05, 3.63) is 0 Å². The van der Waals surface area contributed by atoms with E-state index >= 15 is 0 Å². The molecule has 0 bridgehead atoms. The van der Waals surface area contributed by atoms with Crippen LogP contribution in [-0.4, -0.2) is 39.5 Å². The Morgan fingerprint density at radius 2 is 2.12 bits per heavy atom. The largest absolute Gasteiger partial charge is 0.461 e. The maximum atomic E-state index is 11.4. The van der Waals surface area contributed by atoms with Crippen LogP contribution >= 0.6 is 10.7 Å². The van der Waals surface area contributed by atoms with E-state index in [1.165, 1.54) is 0 Å². The minimum Gasteiger partial charge on any atom is -0.461 e. The van der Waals surface area contributed by atoms with Crippen LogP contribution in [0.2, 0.25) is 0 Å². The van der Waals surface area contributed by atoms with E-state index in [-0.39, 0.29) is 18.1 Å². The van der Waals surface area contributed by atoms with E-state index in [2.05, 4.69) is 0 Å². The molecule has 2 aliphatic rings. The second kappa shape index (κ2) is 4.74. The fraction of sp³-hybridized carbons (Fsp3) is 0.900. The van der Waals surface area contributed by atoms with E-state index in [1.807, 2.05) is 0 Å². The van der Waals surface area contributed by atoms with E-state index in [0.29, 0.717) is 19.6 Å². The number of carbonyl (C=O) groups excluding carboxylic acids is 1. The molecule has 2 heterocycles. The molecule has 17 heavy (non-hydrogen) atoms. The maximum Gasteiger partial charge on any atom is 0.306 e. The maximum absolute atomic E-state index is 11.4. The first-order chi connectivity index (χ1) is 7.91. The number of esters is 1. The molecule has 0 radical (unpaired) electrons. The molecule has 98 valence electrons. The van der Waals surface area contributed by atoms with Gasteiger partial charge < -0.3 is 9.47 Å². The topological polar surface area (TPSA) is 69.7 Å². The second-order valence-corrected chi connectivity index (χ2v) is 7.51. The van der Waals surface area contributed by atoms with Gasteiger partial charge in [-0.2, -0.15) is 0 Å². The monoisotopic (exact) mass is 282 g/mol. The SMILES string of the molecule is O=C1CC2(CCCOCC2)C(CS(=O)(=O)Cl)O1. The Bertz CT molecular complexity index is 397. The lowest BCUT2D eigenvalue weighted by atomic mass is 9.75. The van der Waals surface area contributed by atoms with Crippen LogP contribution in [0.1, 0.15) is 25.7 Å². The van der Waals surface area contributed by atoms with Crippen molar-refractivity contribution in [2.45, 2.75) is 31.8 Å². The van der Waals surface area contributed by atoms with Gasteiger partial charge in [0.1, 0.15) is 11.9 Å². The number of hydrogen-bond acceptors (Lipinski definition) is 5. The Morgan fingerprint density at radius 3 is 2.82 bits per heavy atom. The molecule has 5 nitrogen and oxygen atoms in total. The van der Waals surface area contributed by atoms with Crippen LogP contribution in [0.3, 0.4) is 0 Å². The van der Waals surface area contributed by atoms with Crippen molar-refractivity contribution in [3.8, 4) is 0 Å². The molecule has 0 aromatic heterocycles. The average molecular weight is 283 g/mol. The van der Waals surface area contributed by atoms with Gasteiger partial charge in [0.15, 0.2) is 0 Å². The zero-order valence-corrected chi connectivity index (χ0v) is 10.9. The van der Waals surface area contributed by atoms with Crippen LogP contribution in [0.4, 0.5) is 0 Å². The summed E-state index contributed by atoms with van der Waals surface area (Å²) in [6.45, 7) is 1.19. The lowest BCUT2D eigenvalue weighted by Gasteiger charge is -2.30. The molecule has 0 N–H and O–H groups in total. The van der Waals surface area contributed by atoms with E-state index < -0.39 is 20.6 Å². The number of ether oxygens (including phenoxy) is 2. The predicted molar refractivity (Wildman–Crippen MR) is 61.2 cm³/mol. The fourth-order valence-electron chi connectivity index (χ4n) is 2.65. The van der Waals surface area contributed by atoms with E-state index in [1.54, 1.807) is 0 Å². The molecule has 2 saturated heterocycles. The minimum atomic E-state index is -3.66. The molecule has 2 aliphatic heterocycles. The van der Waals surface area contributed by atoms with Crippen LogP contribution in [0.15, 0.2) is 0 Å². The first kappa shape index (κ1) is 13.1. The van der Waals surface area contributed by atoms with Gasteiger partial charge >= 0.3 is 5.97 Å². The van der Waals surface area contributed by atoms with Gasteiger partial charge in [-0.25, -0.2) is 8.42 Å². The summed E-state index contributed by atoms with van der Waals surface area (Å²) in [5.74, 6) is -0.641. The van der Waals surface area contributed by atoms with Crippen LogP contribution in [0.25, 0.3) is 0 Å². The second-order valence-electron chi connectivity index (χ2n) is 4.69. The fourth-order valence-corrected chi connectivity index (χ4v) is 3.77. The van der Waals surface area contributed by atoms with Crippen molar-refractivity contribution < 1.29 is 22.7 Å². The summed E-state index contributed by atoms with van der Waals surface area (Å²) < 4.78 is 32.8. The zero-order valence-electron chi connectivity index (χ0n) is 9.35. The third-order valence-electron chi connectivity index (χ3n) is 3.51. The molecule has 1 spiro atoms. The average Bonchev–Trinajstić information content (AvgIpc) is 2.37. The van der Waals surface area contributed by atoms with Gasteiger partial charge in [0.05, 0.1) is 6.42 Å². The smallest absolute Gasteiger partial charge is 0.306 e. The predicted octanol–water partition coefficient (Wildman–Crippen LogP) is 1.06. The highest BCUT2D eigenvalue weighted by Crippen LogP contribution is 2.45. The number of halogens is 1. The molecular weight excluding hydrogens is 268 g/mol. The molecule has 2 unspecified atom stereocenters. The molecule has 0 aliphatic carbocycles. The van der Waals surface area contributed by atoms with Gasteiger partial charge in [-0.3, -0.25) is 4.79 Å². The first-order valence-electron chi connectivity index (χ1n) is 5.61. The number of cyclic esters (lactones) is 1. The molecule has 2 fully saturated rings. The molecule has 7 heteroatoms. The van der Waals surface area contributed by atoms with Crippen molar-refractivity contribution in [2.75, 3.05) is 19.0 Å². The Labute approximate surface area is 105 Å². The van der Waals surface area contributed by atoms with Gasteiger partial charge in [-0.15, -0.1) is 0 Å². The van der Waals surface area contributed by atoms with Gasteiger partial charge in [0.25, 0.3) is 0 Å². The Balaban J connectivity index is 2.19. The van der Waals surface area contributed by atoms with Crippen molar-refractivity contribution in [3.63, 3.8) is 0 Å². The van der Waals surface area contributed by atoms with Gasteiger partial charge in [0, 0.05) is 29.3 Å². The standard InChI is InChI=1S/C10H15ClO5S/c11-17(13,14)7-8-10(6-9(12)16-8)2-1-4-15-5-3-10/h8H,1-7H2. The summed E-state index contributed by atoms with van der Waals surface area (Å²) >= 11 is 0. The highest BCUT2D eigenvalue weighted by molar-refractivity contribution is 8.13. The van der Waals surface area contributed by atoms with Crippen LogP contribution in [0, 0.1) is 5.41 Å². The van der Waals surface area contributed by atoms with Crippen molar-refractivity contribution >= 4 is 25.7 Å². The van der Waals surface area contributed by atoms with Gasteiger partial charge in [-0.05, 0) is 19.3 Å². The molecule has 0 amide bonds. The molecule has 2 rings (SSSR count). The summed E-state index contributed by atoms with van der Waals surface area (Å²) in [6, 6.07) is 0. The van der Waals surface area contributed by atoms with E-state index in [4.69, 9.17) is 20.2 Å². The van der Waals surface area contributed by atoms with E-state index in [9.17, 15) is 13.2 Å². The Hall–Kier alpha value is -0.330. The number of rotatable bonds is 2. The summed E-state index contributed by atoms with van der Waals surface area (Å²) in [5, 5.41) is 0. The summed E-state index contributed by atoms with van der Waals surface area (Å²) in [4.78, 5) is 11.4.